The Morgan fingerprint density at radius 2 is 1.92 bits per heavy atom. The molecule has 0 radical (unpaired) electrons. The van der Waals surface area contributed by atoms with Gasteiger partial charge in [-0.2, -0.15) is 0 Å². The lowest BCUT2D eigenvalue weighted by molar-refractivity contribution is 0.102. The number of nitrogens with zero attached hydrogens (tertiary/aromatic N) is 2. The van der Waals surface area contributed by atoms with E-state index in [-0.39, 0.29) is 10.9 Å². The fourth-order valence-electron chi connectivity index (χ4n) is 2.60. The van der Waals surface area contributed by atoms with E-state index in [0.29, 0.717) is 17.1 Å². The van der Waals surface area contributed by atoms with Crippen molar-refractivity contribution in [2.75, 3.05) is 11.6 Å². The molecule has 0 aliphatic rings. The van der Waals surface area contributed by atoms with Crippen LogP contribution in [-0.2, 0) is 9.84 Å². The summed E-state index contributed by atoms with van der Waals surface area (Å²) in [6.45, 7) is 4.14. The SMILES string of the molecule is CC(C)c1cccc(NC(=O)c2nc(S(C)(=O)=O)n3ccccc23)c1. The third-order valence-electron chi connectivity index (χ3n) is 3.87. The van der Waals surface area contributed by atoms with Gasteiger partial charge in [0.1, 0.15) is 0 Å². The number of fused-ring (bicyclic) bond motifs is 1. The molecule has 1 N–H and O–H groups in total. The van der Waals surface area contributed by atoms with Crippen LogP contribution in [0.25, 0.3) is 5.52 Å². The molecule has 1 amide bonds. The molecule has 0 saturated heterocycles. The van der Waals surface area contributed by atoms with Crippen molar-refractivity contribution < 1.29 is 13.2 Å². The molecule has 7 heteroatoms. The van der Waals surface area contributed by atoms with Gasteiger partial charge in [0.15, 0.2) is 5.69 Å². The molecule has 1 aromatic carbocycles. The van der Waals surface area contributed by atoms with Crippen LogP contribution in [0.1, 0.15) is 35.8 Å². The molecule has 3 aromatic rings. The Kier molecular flexibility index (Phi) is 4.34. The van der Waals surface area contributed by atoms with E-state index in [0.717, 1.165) is 11.8 Å². The molecule has 0 unspecified atom stereocenters. The second-order valence-electron chi connectivity index (χ2n) is 6.21. The van der Waals surface area contributed by atoms with Gasteiger partial charge in [-0.1, -0.05) is 32.0 Å². The fourth-order valence-corrected chi connectivity index (χ4v) is 3.38. The van der Waals surface area contributed by atoms with Crippen LogP contribution in [0, 0.1) is 0 Å². The minimum Gasteiger partial charge on any atom is -0.321 e. The van der Waals surface area contributed by atoms with Crippen LogP contribution in [0.3, 0.4) is 0 Å². The molecule has 0 bridgehead atoms. The summed E-state index contributed by atoms with van der Waals surface area (Å²) in [5.41, 5.74) is 2.27. The normalized spacial score (nSPS) is 11.8. The van der Waals surface area contributed by atoms with Gasteiger partial charge in [0.05, 0.1) is 5.52 Å². The van der Waals surface area contributed by atoms with Crippen LogP contribution in [0.5, 0.6) is 0 Å². The first-order chi connectivity index (χ1) is 11.8. The van der Waals surface area contributed by atoms with Crippen LogP contribution < -0.4 is 5.32 Å². The van der Waals surface area contributed by atoms with Gasteiger partial charge in [-0.05, 0) is 35.7 Å². The van der Waals surface area contributed by atoms with Gasteiger partial charge in [-0.15, -0.1) is 0 Å². The number of pyridine rings is 1. The van der Waals surface area contributed by atoms with E-state index in [1.165, 1.54) is 4.40 Å². The molecule has 0 fully saturated rings. The van der Waals surface area contributed by atoms with Crippen molar-refractivity contribution in [1.82, 2.24) is 9.38 Å². The van der Waals surface area contributed by atoms with Crippen molar-refractivity contribution in [1.29, 1.82) is 0 Å². The molecule has 0 atom stereocenters. The van der Waals surface area contributed by atoms with Crippen molar-refractivity contribution in [3.8, 4) is 0 Å². The third-order valence-corrected chi connectivity index (χ3v) is 4.83. The maximum absolute atomic E-state index is 12.7. The highest BCUT2D eigenvalue weighted by atomic mass is 32.2. The van der Waals surface area contributed by atoms with Crippen molar-refractivity contribution in [2.24, 2.45) is 0 Å². The number of imidazole rings is 1. The van der Waals surface area contributed by atoms with Gasteiger partial charge in [-0.25, -0.2) is 13.4 Å². The number of carbonyl (C=O) groups is 1. The Balaban J connectivity index is 2.02. The first-order valence-electron chi connectivity index (χ1n) is 7.86. The lowest BCUT2D eigenvalue weighted by atomic mass is 10.0. The van der Waals surface area contributed by atoms with Crippen molar-refractivity contribution in [3.63, 3.8) is 0 Å². The number of hydrogen-bond donors (Lipinski definition) is 1. The lowest BCUT2D eigenvalue weighted by Gasteiger charge is -2.09. The smallest absolute Gasteiger partial charge is 0.276 e. The van der Waals surface area contributed by atoms with Crippen LogP contribution in [0.4, 0.5) is 5.69 Å². The summed E-state index contributed by atoms with van der Waals surface area (Å²) in [6, 6.07) is 12.7. The van der Waals surface area contributed by atoms with Crippen LogP contribution in [0.2, 0.25) is 0 Å². The summed E-state index contributed by atoms with van der Waals surface area (Å²) < 4.78 is 25.3. The van der Waals surface area contributed by atoms with Gasteiger partial charge >= 0.3 is 0 Å². The van der Waals surface area contributed by atoms with Gasteiger partial charge < -0.3 is 5.32 Å². The van der Waals surface area contributed by atoms with E-state index >= 15 is 0 Å². The summed E-state index contributed by atoms with van der Waals surface area (Å²) >= 11 is 0. The van der Waals surface area contributed by atoms with E-state index < -0.39 is 15.7 Å². The average molecular weight is 357 g/mol. The van der Waals surface area contributed by atoms with Gasteiger partial charge in [-0.3, -0.25) is 9.20 Å². The summed E-state index contributed by atoms with van der Waals surface area (Å²) in [7, 11) is -3.56. The number of amides is 1. The molecular weight excluding hydrogens is 338 g/mol. The minimum atomic E-state index is -3.56. The third kappa shape index (κ3) is 3.41. The summed E-state index contributed by atoms with van der Waals surface area (Å²) in [6.07, 6.45) is 2.65. The van der Waals surface area contributed by atoms with E-state index in [4.69, 9.17) is 0 Å². The van der Waals surface area contributed by atoms with Crippen molar-refractivity contribution >= 4 is 26.9 Å². The molecular formula is C18H19N3O3S. The highest BCUT2D eigenvalue weighted by molar-refractivity contribution is 7.90. The second-order valence-corrected chi connectivity index (χ2v) is 8.11. The van der Waals surface area contributed by atoms with Crippen LogP contribution >= 0.6 is 0 Å². The molecule has 3 rings (SSSR count). The minimum absolute atomic E-state index is 0.0796. The van der Waals surface area contributed by atoms with E-state index in [1.54, 1.807) is 30.5 Å². The van der Waals surface area contributed by atoms with E-state index in [2.05, 4.69) is 24.1 Å². The molecule has 0 aliphatic carbocycles. The zero-order valence-electron chi connectivity index (χ0n) is 14.2. The molecule has 0 saturated carbocycles. The molecule has 0 aliphatic heterocycles. The number of benzene rings is 1. The standard InChI is InChI=1S/C18H19N3O3S/c1-12(2)13-7-6-8-14(11-13)19-17(22)16-15-9-4-5-10-21(15)18(20-16)25(3,23)24/h4-12H,1-3H3,(H,19,22). The van der Waals surface area contributed by atoms with Crippen LogP contribution in [-0.4, -0.2) is 30.0 Å². The van der Waals surface area contributed by atoms with Crippen molar-refractivity contribution in [2.45, 2.75) is 24.9 Å². The largest absolute Gasteiger partial charge is 0.321 e. The highest BCUT2D eigenvalue weighted by Crippen LogP contribution is 2.21. The Bertz CT molecular complexity index is 1050. The maximum atomic E-state index is 12.7. The zero-order valence-corrected chi connectivity index (χ0v) is 15.0. The number of rotatable bonds is 4. The molecule has 25 heavy (non-hydrogen) atoms. The summed E-state index contributed by atoms with van der Waals surface area (Å²) in [5.74, 6) is -0.110. The summed E-state index contributed by atoms with van der Waals surface area (Å²) in [5, 5.41) is 2.65. The number of sulfone groups is 1. The van der Waals surface area contributed by atoms with Crippen molar-refractivity contribution in [3.05, 3.63) is 59.9 Å². The Morgan fingerprint density at radius 1 is 1.16 bits per heavy atom. The molecule has 130 valence electrons. The Hall–Kier alpha value is -2.67. The maximum Gasteiger partial charge on any atom is 0.276 e. The number of nitrogens with one attached hydrogen (secondary N) is 1. The molecule has 6 nitrogen and oxygen atoms in total. The average Bonchev–Trinajstić information content (AvgIpc) is 2.95. The van der Waals surface area contributed by atoms with Gasteiger partial charge in [0.2, 0.25) is 15.0 Å². The number of aromatic nitrogens is 2. The predicted molar refractivity (Wildman–Crippen MR) is 96.8 cm³/mol. The lowest BCUT2D eigenvalue weighted by Crippen LogP contribution is -2.13. The highest BCUT2D eigenvalue weighted by Gasteiger charge is 2.22. The molecule has 0 spiro atoms. The first-order valence-corrected chi connectivity index (χ1v) is 9.75. The zero-order chi connectivity index (χ0) is 18.2. The predicted octanol–water partition coefficient (Wildman–Crippen LogP) is 3.11. The number of hydrogen-bond acceptors (Lipinski definition) is 4. The fraction of sp³-hybridized carbons (Fsp3) is 0.222. The summed E-state index contributed by atoms with van der Waals surface area (Å²) in [4.78, 5) is 16.7. The second kappa shape index (κ2) is 6.33. The first kappa shape index (κ1) is 17.2. The van der Waals surface area contributed by atoms with E-state index in [1.807, 2.05) is 18.2 Å². The Labute approximate surface area is 146 Å². The molecule has 2 aromatic heterocycles. The Morgan fingerprint density at radius 3 is 2.60 bits per heavy atom. The molecule has 2 heterocycles. The van der Waals surface area contributed by atoms with Crippen LogP contribution in [0.15, 0.2) is 53.8 Å². The monoisotopic (exact) mass is 357 g/mol. The number of carbonyl (C=O) groups excluding carboxylic acids is 1. The topological polar surface area (TPSA) is 80.5 Å². The van der Waals surface area contributed by atoms with Gasteiger partial charge in [0.25, 0.3) is 5.91 Å². The number of anilines is 1. The van der Waals surface area contributed by atoms with Gasteiger partial charge in [0, 0.05) is 18.1 Å². The quantitative estimate of drug-likeness (QED) is 0.778. The van der Waals surface area contributed by atoms with E-state index in [9.17, 15) is 13.2 Å².